The zero-order valence-electron chi connectivity index (χ0n) is 19.1. The Hall–Kier alpha value is -2.89. The largest absolute Gasteiger partial charge is 0.469 e. The number of benzene rings is 3. The third-order valence-corrected chi connectivity index (χ3v) is 7.59. The van der Waals surface area contributed by atoms with Crippen LogP contribution in [-0.4, -0.2) is 30.7 Å². The molecule has 0 spiro atoms. The van der Waals surface area contributed by atoms with Crippen LogP contribution in [0.5, 0.6) is 0 Å². The predicted molar refractivity (Wildman–Crippen MR) is 135 cm³/mol. The second-order valence-electron chi connectivity index (χ2n) is 8.00. The summed E-state index contributed by atoms with van der Waals surface area (Å²) in [5.74, 6) is -0.672. The van der Waals surface area contributed by atoms with E-state index in [0.717, 1.165) is 16.7 Å². The standard InChI is InChI=1S/C28H31NO3S/c1-3-25(29)26(30)19-21(27(31)32-2)20-33-28(22-13-7-4-8-14-22,23-15-9-5-10-16-23)24-17-11-6-12-18-24/h4-18,21,25H,3,19-20,29H2,1-2H3/t21-,25?/m0/s1. The van der Waals surface area contributed by atoms with Crippen molar-refractivity contribution >= 4 is 23.5 Å². The summed E-state index contributed by atoms with van der Waals surface area (Å²) in [5, 5.41) is 0. The van der Waals surface area contributed by atoms with Gasteiger partial charge >= 0.3 is 5.97 Å². The predicted octanol–water partition coefficient (Wildman–Crippen LogP) is 5.20. The number of carbonyl (C=O) groups is 2. The topological polar surface area (TPSA) is 69.4 Å². The minimum atomic E-state index is -0.583. The molecule has 4 nitrogen and oxygen atoms in total. The SMILES string of the molecule is CCC(N)C(=O)C[C@@H](CSC(c1ccccc1)(c1ccccc1)c1ccccc1)C(=O)OC. The molecule has 2 atom stereocenters. The molecule has 0 aliphatic rings. The zero-order chi connectivity index (χ0) is 23.7. The summed E-state index contributed by atoms with van der Waals surface area (Å²) in [6.45, 7) is 1.87. The van der Waals surface area contributed by atoms with E-state index in [1.165, 1.54) is 7.11 Å². The Morgan fingerprint density at radius 3 is 1.64 bits per heavy atom. The Kier molecular flexibility index (Phi) is 8.87. The molecular weight excluding hydrogens is 430 g/mol. The van der Waals surface area contributed by atoms with Crippen molar-refractivity contribution in [2.75, 3.05) is 12.9 Å². The minimum Gasteiger partial charge on any atom is -0.469 e. The van der Waals surface area contributed by atoms with Gasteiger partial charge in [-0.05, 0) is 23.1 Å². The molecule has 0 heterocycles. The van der Waals surface area contributed by atoms with Crippen molar-refractivity contribution < 1.29 is 14.3 Å². The van der Waals surface area contributed by atoms with Crippen molar-refractivity contribution in [1.29, 1.82) is 0 Å². The van der Waals surface area contributed by atoms with Crippen molar-refractivity contribution in [1.82, 2.24) is 0 Å². The van der Waals surface area contributed by atoms with Gasteiger partial charge in [0.2, 0.25) is 0 Å². The molecule has 172 valence electrons. The molecule has 0 amide bonds. The monoisotopic (exact) mass is 461 g/mol. The van der Waals surface area contributed by atoms with Gasteiger partial charge in [0.25, 0.3) is 0 Å². The van der Waals surface area contributed by atoms with Crippen LogP contribution in [0, 0.1) is 5.92 Å². The lowest BCUT2D eigenvalue weighted by Gasteiger charge is -2.36. The van der Waals surface area contributed by atoms with Crippen LogP contribution < -0.4 is 5.73 Å². The van der Waals surface area contributed by atoms with E-state index in [4.69, 9.17) is 10.5 Å². The van der Waals surface area contributed by atoms with Crippen molar-refractivity contribution in [2.45, 2.75) is 30.6 Å². The Bertz CT molecular complexity index is 928. The second kappa shape index (κ2) is 11.8. The third-order valence-electron chi connectivity index (χ3n) is 5.88. The number of rotatable bonds is 11. The first-order chi connectivity index (χ1) is 16.0. The van der Waals surface area contributed by atoms with Gasteiger partial charge in [-0.1, -0.05) is 97.9 Å². The molecule has 1 unspecified atom stereocenters. The van der Waals surface area contributed by atoms with Gasteiger partial charge in [0, 0.05) is 12.2 Å². The van der Waals surface area contributed by atoms with Crippen LogP contribution in [0.2, 0.25) is 0 Å². The Balaban J connectivity index is 2.07. The van der Waals surface area contributed by atoms with Crippen LogP contribution in [0.15, 0.2) is 91.0 Å². The molecule has 3 aromatic rings. The fraction of sp³-hybridized carbons (Fsp3) is 0.286. The average molecular weight is 462 g/mol. The maximum Gasteiger partial charge on any atom is 0.309 e. The van der Waals surface area contributed by atoms with Crippen LogP contribution >= 0.6 is 11.8 Å². The van der Waals surface area contributed by atoms with E-state index in [9.17, 15) is 9.59 Å². The van der Waals surface area contributed by atoms with Crippen LogP contribution in [0.3, 0.4) is 0 Å². The third kappa shape index (κ3) is 5.73. The van der Waals surface area contributed by atoms with E-state index in [1.807, 2.05) is 61.5 Å². The maximum atomic E-state index is 12.7. The van der Waals surface area contributed by atoms with Gasteiger partial charge in [-0.15, -0.1) is 11.8 Å². The van der Waals surface area contributed by atoms with Crippen molar-refractivity contribution in [3.05, 3.63) is 108 Å². The quantitative estimate of drug-likeness (QED) is 0.314. The summed E-state index contributed by atoms with van der Waals surface area (Å²) < 4.78 is 4.50. The highest BCUT2D eigenvalue weighted by atomic mass is 32.2. The van der Waals surface area contributed by atoms with Gasteiger partial charge in [0.15, 0.2) is 0 Å². The van der Waals surface area contributed by atoms with Gasteiger partial charge in [-0.3, -0.25) is 9.59 Å². The summed E-state index contributed by atoms with van der Waals surface area (Å²) in [6.07, 6.45) is 0.616. The number of ketones is 1. The van der Waals surface area contributed by atoms with Gasteiger partial charge in [-0.25, -0.2) is 0 Å². The first kappa shape index (κ1) is 24.7. The smallest absolute Gasteiger partial charge is 0.309 e. The molecule has 33 heavy (non-hydrogen) atoms. The van der Waals surface area contributed by atoms with Crippen LogP contribution in [0.4, 0.5) is 0 Å². The van der Waals surface area contributed by atoms with Gasteiger partial charge < -0.3 is 10.5 Å². The minimum absolute atomic E-state index is 0.0725. The molecule has 3 rings (SSSR count). The summed E-state index contributed by atoms with van der Waals surface area (Å²) in [4.78, 5) is 25.3. The van der Waals surface area contributed by atoms with Gasteiger partial charge in [0.1, 0.15) is 5.78 Å². The highest BCUT2D eigenvalue weighted by molar-refractivity contribution is 8.00. The molecule has 0 bridgehead atoms. The summed E-state index contributed by atoms with van der Waals surface area (Å²) in [6, 6.07) is 30.2. The summed E-state index contributed by atoms with van der Waals surface area (Å²) in [7, 11) is 1.36. The van der Waals surface area contributed by atoms with E-state index < -0.39 is 16.7 Å². The van der Waals surface area contributed by atoms with E-state index in [2.05, 4.69) is 36.4 Å². The maximum absolute atomic E-state index is 12.7. The Morgan fingerprint density at radius 2 is 1.27 bits per heavy atom. The molecule has 0 aliphatic heterocycles. The number of methoxy groups -OCH3 is 1. The normalized spacial score (nSPS) is 13.2. The lowest BCUT2D eigenvalue weighted by molar-refractivity contribution is -0.146. The molecule has 0 saturated heterocycles. The van der Waals surface area contributed by atoms with Crippen molar-refractivity contribution in [2.24, 2.45) is 11.7 Å². The molecule has 3 aromatic carbocycles. The Morgan fingerprint density at radius 1 is 0.848 bits per heavy atom. The number of hydrogen-bond acceptors (Lipinski definition) is 5. The number of nitrogens with two attached hydrogens (primary N) is 1. The fourth-order valence-corrected chi connectivity index (χ4v) is 5.61. The lowest BCUT2D eigenvalue weighted by Crippen LogP contribution is -2.34. The van der Waals surface area contributed by atoms with E-state index in [0.29, 0.717) is 12.2 Å². The number of hydrogen-bond donors (Lipinski definition) is 1. The number of Topliss-reactive ketones (excluding diaryl/α,β-unsaturated/α-hetero) is 1. The zero-order valence-corrected chi connectivity index (χ0v) is 20.0. The molecule has 0 aromatic heterocycles. The molecule has 5 heteroatoms. The van der Waals surface area contributed by atoms with Gasteiger partial charge in [-0.2, -0.15) is 0 Å². The number of thioether (sulfide) groups is 1. The molecule has 0 radical (unpaired) electrons. The van der Waals surface area contributed by atoms with Crippen LogP contribution in [-0.2, 0) is 19.1 Å². The first-order valence-electron chi connectivity index (χ1n) is 11.2. The molecule has 0 saturated carbocycles. The Labute approximate surface area is 200 Å². The molecule has 2 N–H and O–H groups in total. The highest BCUT2D eigenvalue weighted by Crippen LogP contribution is 2.49. The number of carbonyl (C=O) groups excluding carboxylic acids is 2. The highest BCUT2D eigenvalue weighted by Gasteiger charge is 2.38. The van der Waals surface area contributed by atoms with Crippen molar-refractivity contribution in [3.63, 3.8) is 0 Å². The van der Waals surface area contributed by atoms with Crippen molar-refractivity contribution in [3.8, 4) is 0 Å². The number of ether oxygens (including phenoxy) is 1. The van der Waals surface area contributed by atoms with E-state index >= 15 is 0 Å². The molecule has 0 fully saturated rings. The summed E-state index contributed by atoms with van der Waals surface area (Å²) >= 11 is 1.65. The second-order valence-corrected chi connectivity index (χ2v) is 9.23. The molecular formula is C28H31NO3S. The summed E-state index contributed by atoms with van der Waals surface area (Å²) in [5.41, 5.74) is 9.27. The van der Waals surface area contributed by atoms with E-state index in [-0.39, 0.29) is 18.2 Å². The van der Waals surface area contributed by atoms with Crippen LogP contribution in [0.1, 0.15) is 36.5 Å². The lowest BCUT2D eigenvalue weighted by atomic mass is 9.84. The van der Waals surface area contributed by atoms with E-state index in [1.54, 1.807) is 11.8 Å². The molecule has 0 aliphatic carbocycles. The van der Waals surface area contributed by atoms with Crippen LogP contribution in [0.25, 0.3) is 0 Å². The average Bonchev–Trinajstić information content (AvgIpc) is 2.89. The van der Waals surface area contributed by atoms with Gasteiger partial charge in [0.05, 0.1) is 23.8 Å². The number of esters is 1. The first-order valence-corrected chi connectivity index (χ1v) is 12.2. The fourth-order valence-electron chi connectivity index (χ4n) is 3.99.